The van der Waals surface area contributed by atoms with Crippen LogP contribution in [-0.4, -0.2) is 130 Å². The summed E-state index contributed by atoms with van der Waals surface area (Å²) in [6.07, 6.45) is 12.6. The third-order valence-corrected chi connectivity index (χ3v) is 17.7. The average molecular weight is 1280 g/mol. The highest BCUT2D eigenvalue weighted by Gasteiger charge is 2.47. The minimum atomic E-state index is -4.36. The number of likely N-dealkylation sites (tertiary alicyclic amines) is 2. The van der Waals surface area contributed by atoms with Gasteiger partial charge in [0.1, 0.15) is 13.2 Å². The summed E-state index contributed by atoms with van der Waals surface area (Å²) in [6.45, 7) is 6.32. The molecule has 2 saturated heterocycles. The second kappa shape index (κ2) is 34.2. The van der Waals surface area contributed by atoms with Crippen LogP contribution in [-0.2, 0) is 44.9 Å². The van der Waals surface area contributed by atoms with E-state index < -0.39 is 24.1 Å². The summed E-state index contributed by atoms with van der Waals surface area (Å²) in [7, 11) is 3.22. The molecule has 6 aliphatic rings. The molecule has 4 atom stereocenters. The van der Waals surface area contributed by atoms with Crippen molar-refractivity contribution in [2.75, 3.05) is 53.6 Å². The number of amides is 4. The van der Waals surface area contributed by atoms with Gasteiger partial charge in [0, 0.05) is 56.1 Å². The van der Waals surface area contributed by atoms with E-state index in [0.717, 1.165) is 79.5 Å². The van der Waals surface area contributed by atoms with Crippen molar-refractivity contribution in [1.82, 2.24) is 19.6 Å². The Morgan fingerprint density at radius 3 is 1.60 bits per heavy atom. The van der Waals surface area contributed by atoms with Crippen LogP contribution in [0.2, 0.25) is 5.02 Å². The highest BCUT2D eigenvalue weighted by atomic mass is 35.5. The van der Waals surface area contributed by atoms with E-state index in [-0.39, 0.29) is 93.1 Å². The number of fused-ring (bicyclic) bond motifs is 2. The molecule has 89 heavy (non-hydrogen) atoms. The normalized spacial score (nSPS) is 19.4. The Morgan fingerprint density at radius 2 is 1.10 bits per heavy atom. The number of carboxylic acid groups (broad SMARTS) is 4. The lowest BCUT2D eigenvalue weighted by Crippen LogP contribution is -2.34. The molecule has 10 rings (SSSR count). The van der Waals surface area contributed by atoms with Crippen LogP contribution in [0.3, 0.4) is 0 Å². The fourth-order valence-corrected chi connectivity index (χ4v) is 13.1. The predicted molar refractivity (Wildman–Crippen MR) is 330 cm³/mol. The molecule has 4 aliphatic carbocycles. The van der Waals surface area contributed by atoms with Crippen molar-refractivity contribution in [3.63, 3.8) is 0 Å². The summed E-state index contributed by atoms with van der Waals surface area (Å²) in [5, 5.41) is 28.7. The monoisotopic (exact) mass is 1280 g/mol. The van der Waals surface area contributed by atoms with Gasteiger partial charge >= 0.3 is 18.5 Å². The predicted octanol–water partition coefficient (Wildman–Crippen LogP) is 14.0. The van der Waals surface area contributed by atoms with E-state index in [0.29, 0.717) is 54.3 Å². The number of hydrogen-bond acceptors (Lipinski definition) is 12. The molecule has 2 saturated carbocycles. The van der Waals surface area contributed by atoms with Crippen molar-refractivity contribution < 1.29 is 81.3 Å². The number of hydrogen-bond donors (Lipinski definition) is 4. The fraction of sp³-hybridized carbons (Fsp3) is 0.515. The van der Waals surface area contributed by atoms with Crippen LogP contribution in [0.15, 0.2) is 91.0 Å². The van der Waals surface area contributed by atoms with Crippen molar-refractivity contribution >= 4 is 59.9 Å². The number of alkyl halides is 3. The number of halogens is 5. The van der Waals surface area contributed by atoms with Crippen LogP contribution in [0.4, 0.5) is 22.8 Å². The van der Waals surface area contributed by atoms with E-state index in [1.165, 1.54) is 77.9 Å². The zero-order valence-corrected chi connectivity index (χ0v) is 52.2. The van der Waals surface area contributed by atoms with E-state index in [2.05, 4.69) is 34.1 Å². The first-order chi connectivity index (χ1) is 42.1. The van der Waals surface area contributed by atoms with Gasteiger partial charge in [0.2, 0.25) is 23.6 Å². The quantitative estimate of drug-likeness (QED) is 0.0449. The molecule has 0 bridgehead atoms. The molecule has 4 aromatic rings. The first-order valence-corrected chi connectivity index (χ1v) is 30.7. The van der Waals surface area contributed by atoms with Crippen molar-refractivity contribution in [2.24, 2.45) is 23.7 Å². The largest absolute Gasteiger partial charge is 0.503 e. The van der Waals surface area contributed by atoms with Gasteiger partial charge in [0.15, 0.2) is 23.0 Å². The topological polar surface area (TPSA) is 233 Å². The summed E-state index contributed by atoms with van der Waals surface area (Å²) in [4.78, 5) is 74.0. The number of nitrogens with zero attached hydrogens (tertiary/aromatic N) is 4. The molecule has 2 heterocycles. The minimum absolute atomic E-state index is 0. The molecule has 2 aliphatic heterocycles. The molecule has 18 nitrogen and oxygen atoms in total. The Labute approximate surface area is 529 Å². The number of carbonyl (C=O) groups is 6. The van der Waals surface area contributed by atoms with E-state index in [4.69, 9.17) is 60.6 Å². The highest BCUT2D eigenvalue weighted by Crippen LogP contribution is 2.42. The van der Waals surface area contributed by atoms with Gasteiger partial charge < -0.3 is 39.4 Å². The molecule has 4 aromatic carbocycles. The average Bonchev–Trinajstić information content (AvgIpc) is 3.11. The van der Waals surface area contributed by atoms with Crippen LogP contribution in [0.1, 0.15) is 149 Å². The van der Waals surface area contributed by atoms with Crippen LogP contribution in [0, 0.1) is 23.7 Å². The van der Waals surface area contributed by atoms with Gasteiger partial charge in [0.25, 0.3) is 0 Å². The number of methoxy groups -OCH3 is 2. The Balaban J connectivity index is 0.000000251. The van der Waals surface area contributed by atoms with E-state index in [9.17, 15) is 32.3 Å². The summed E-state index contributed by atoms with van der Waals surface area (Å²) >= 11 is 6.32. The fourth-order valence-electron chi connectivity index (χ4n) is 13.0. The van der Waals surface area contributed by atoms with Crippen LogP contribution in [0.25, 0.3) is 0 Å². The second-order valence-electron chi connectivity index (χ2n) is 23.2. The van der Waals surface area contributed by atoms with Gasteiger partial charge in [-0.1, -0.05) is 92.6 Å². The lowest BCUT2D eigenvalue weighted by atomic mass is 9.85. The lowest BCUT2D eigenvalue weighted by molar-refractivity contribution is -0.141. The standard InChI is InChI=1S/C34H41ClN2O4.C30H37F3N2O4.2CH2O3.ClH/c1-40-32-19-24(11-16-31(32)41-18-17-37-33(38)28-9-5-6-10-29(28)34(37)39)22-36(21-23-7-3-2-4-8-23)30-15-12-25-20-26(35)13-14-27(25)30;1-21(24-9-11-25(12-10-24)30(31,32)33)34(19-22-6-4-3-5-7-22)20-23-8-13-26(27(18-23)38-2)39-17-16-35-28(36)14-15-29(35)37;2*2-1(3)4;/h5-6,11,13-14,16,19-20,23,28-30H,2-4,7-10,12,15,17-18,21-22H2,1H3;8-13,18,21-22H,3-7,14-17,19-20H2,1-2H3;2*(H2,2,3,4);1H/t28-,29+,30-;;;;/m0..../s1. The summed E-state index contributed by atoms with van der Waals surface area (Å²) < 4.78 is 62.5. The van der Waals surface area contributed by atoms with Crippen molar-refractivity contribution in [3.8, 4) is 23.0 Å². The van der Waals surface area contributed by atoms with E-state index in [1.54, 1.807) is 26.4 Å². The Morgan fingerprint density at radius 1 is 0.618 bits per heavy atom. The first-order valence-electron chi connectivity index (χ1n) is 30.3. The lowest BCUT2D eigenvalue weighted by Gasteiger charge is -2.34. The van der Waals surface area contributed by atoms with Gasteiger partial charge in [-0.2, -0.15) is 13.2 Å². The van der Waals surface area contributed by atoms with Crippen molar-refractivity contribution in [3.05, 3.63) is 129 Å². The maximum absolute atomic E-state index is 13.1. The molecule has 4 fully saturated rings. The number of allylic oxidation sites excluding steroid dienone is 2. The number of rotatable bonds is 21. The van der Waals surface area contributed by atoms with Gasteiger partial charge in [-0.05, 0) is 146 Å². The van der Waals surface area contributed by atoms with Gasteiger partial charge in [-0.15, -0.1) is 12.4 Å². The number of imide groups is 2. The second-order valence-corrected chi connectivity index (χ2v) is 23.7. The zero-order chi connectivity index (χ0) is 63.5. The Kier molecular flexibility index (Phi) is 27.3. The number of benzene rings is 4. The van der Waals surface area contributed by atoms with E-state index >= 15 is 0 Å². The number of ether oxygens (including phenoxy) is 4. The minimum Gasteiger partial charge on any atom is -0.493 e. The Bertz CT molecular complexity index is 2990. The maximum Gasteiger partial charge on any atom is 0.503 e. The Hall–Kier alpha value is -7.07. The molecule has 486 valence electrons. The molecule has 4 N–H and O–H groups in total. The first kappa shape index (κ1) is 71.0. The molecule has 4 amide bonds. The summed E-state index contributed by atoms with van der Waals surface area (Å²) in [6, 6.07) is 24.0. The van der Waals surface area contributed by atoms with Crippen LogP contribution in [0.5, 0.6) is 23.0 Å². The molecule has 0 radical (unpaired) electrons. The SMILES string of the molecule is COc1cc(CN(CC2CCCCC2)C(C)c2ccc(C(F)(F)F)cc2)ccc1OCCN1C(=O)CCC1=O.COc1cc(CN(CC2CCCCC2)[C@H]2CCc3cc(Cl)ccc32)ccc1OCCN1C(=O)[C@H]2CC=CC[C@H]2C1=O.Cl.O=C(O)O.O=C(O)O. The third-order valence-electron chi connectivity index (χ3n) is 17.4. The molecule has 23 heteroatoms. The van der Waals surface area contributed by atoms with Crippen molar-refractivity contribution in [2.45, 2.75) is 141 Å². The smallest absolute Gasteiger partial charge is 0.493 e. The summed E-state index contributed by atoms with van der Waals surface area (Å²) in [5.74, 6) is 2.77. The molecular weight excluding hydrogens is 1200 g/mol. The molecule has 0 spiro atoms. The van der Waals surface area contributed by atoms with Gasteiger partial charge in [-0.3, -0.25) is 38.8 Å². The van der Waals surface area contributed by atoms with Crippen LogP contribution < -0.4 is 18.9 Å². The number of aryl methyl sites for hydroxylation is 1. The molecule has 0 aromatic heterocycles. The highest BCUT2D eigenvalue weighted by molar-refractivity contribution is 6.30. The zero-order valence-electron chi connectivity index (χ0n) is 50.7. The number of carbonyl (C=O) groups excluding carboxylic acids is 4. The van der Waals surface area contributed by atoms with Gasteiger partial charge in [-0.25, -0.2) is 9.59 Å². The third kappa shape index (κ3) is 20.5. The summed E-state index contributed by atoms with van der Waals surface area (Å²) in [5.41, 5.74) is 5.18. The van der Waals surface area contributed by atoms with Crippen LogP contribution >= 0.6 is 24.0 Å². The van der Waals surface area contributed by atoms with Gasteiger partial charge in [0.05, 0.1) is 44.7 Å². The molecule has 1 unspecified atom stereocenters. The van der Waals surface area contributed by atoms with Crippen molar-refractivity contribution in [1.29, 1.82) is 0 Å². The maximum atomic E-state index is 13.1. The molecular formula is C66H83Cl2F3N4O14. The van der Waals surface area contributed by atoms with E-state index in [1.807, 2.05) is 49.4 Å².